The van der Waals surface area contributed by atoms with Crippen molar-refractivity contribution in [2.45, 2.75) is 16.7 Å². The van der Waals surface area contributed by atoms with Gasteiger partial charge in [0.2, 0.25) is 5.91 Å². The summed E-state index contributed by atoms with van der Waals surface area (Å²) < 4.78 is 46.6. The lowest BCUT2D eigenvalue weighted by Crippen LogP contribution is -2.49. The molecule has 1 aromatic heterocycles. The van der Waals surface area contributed by atoms with Crippen molar-refractivity contribution in [3.63, 3.8) is 0 Å². The highest BCUT2D eigenvalue weighted by Crippen LogP contribution is 2.30. The van der Waals surface area contributed by atoms with Crippen LogP contribution in [0.15, 0.2) is 46.0 Å². The Morgan fingerprint density at radius 3 is 2.48 bits per heavy atom. The maximum Gasteiger partial charge on any atom is 0.253 e. The van der Waals surface area contributed by atoms with Crippen molar-refractivity contribution >= 4 is 38.9 Å². The molecule has 4 rings (SSSR count). The molecular weight excluding hydrogens is 445 g/mol. The molecule has 0 bridgehead atoms. The molecule has 1 unspecified atom stereocenters. The van der Waals surface area contributed by atoms with Crippen LogP contribution in [-0.2, 0) is 24.3 Å². The molecule has 1 aromatic carbocycles. The molecule has 0 spiro atoms. The van der Waals surface area contributed by atoms with Crippen LogP contribution in [0.3, 0.4) is 0 Å². The van der Waals surface area contributed by atoms with Gasteiger partial charge in [-0.25, -0.2) is 17.7 Å². The van der Waals surface area contributed by atoms with E-state index in [1.165, 1.54) is 18.2 Å². The minimum absolute atomic E-state index is 0.0706. The van der Waals surface area contributed by atoms with Crippen LogP contribution in [-0.4, -0.2) is 74.9 Å². The fourth-order valence-corrected chi connectivity index (χ4v) is 6.43. The highest BCUT2D eigenvalue weighted by atomic mass is 32.2. The Balaban J connectivity index is 1.62. The number of thiophene rings is 1. The number of morpholine rings is 1. The molecule has 2 aliphatic rings. The lowest BCUT2D eigenvalue weighted by molar-refractivity contribution is -0.122. The van der Waals surface area contributed by atoms with E-state index in [9.17, 15) is 22.4 Å². The van der Waals surface area contributed by atoms with Gasteiger partial charge in [-0.05, 0) is 35.7 Å². The Hall–Kier alpha value is -2.18. The molecule has 1 atom stereocenters. The molecule has 31 heavy (non-hydrogen) atoms. The van der Waals surface area contributed by atoms with Crippen LogP contribution >= 0.6 is 11.3 Å². The highest BCUT2D eigenvalue weighted by molar-refractivity contribution is 7.91. The second-order valence-electron chi connectivity index (χ2n) is 7.27. The molecular formula is C20H22FN3O5S2. The standard InChI is InChI=1S/C20H22FN3O5S2/c21-15-3-5-16(6-4-15)24-18(25)14-17(20(24)26)23(8-7-22-9-11-29-12-10-22)31(27,28)19-2-1-13-30-19/h1-6,13,17H,7-12,14H2. The topological polar surface area (TPSA) is 87.2 Å². The van der Waals surface area contributed by atoms with Gasteiger partial charge in [-0.2, -0.15) is 4.31 Å². The van der Waals surface area contributed by atoms with E-state index in [0.29, 0.717) is 32.8 Å². The van der Waals surface area contributed by atoms with Crippen molar-refractivity contribution in [2.24, 2.45) is 0 Å². The quantitative estimate of drug-likeness (QED) is 0.574. The molecule has 0 aliphatic carbocycles. The predicted octanol–water partition coefficient (Wildman–Crippen LogP) is 1.54. The van der Waals surface area contributed by atoms with E-state index in [4.69, 9.17) is 4.74 Å². The first-order valence-corrected chi connectivity index (χ1v) is 12.2. The number of anilines is 1. The average Bonchev–Trinajstić information content (AvgIpc) is 3.39. The summed E-state index contributed by atoms with van der Waals surface area (Å²) in [5.74, 6) is -1.63. The summed E-state index contributed by atoms with van der Waals surface area (Å²) in [6.07, 6.45) is -0.260. The molecule has 166 valence electrons. The molecule has 11 heteroatoms. The lowest BCUT2D eigenvalue weighted by Gasteiger charge is -2.31. The van der Waals surface area contributed by atoms with Crippen LogP contribution in [0.5, 0.6) is 0 Å². The number of sulfonamides is 1. The number of imide groups is 1. The largest absolute Gasteiger partial charge is 0.379 e. The normalized spacial score (nSPS) is 20.7. The van der Waals surface area contributed by atoms with Crippen LogP contribution in [0.1, 0.15) is 6.42 Å². The van der Waals surface area contributed by atoms with Gasteiger partial charge >= 0.3 is 0 Å². The first-order chi connectivity index (χ1) is 14.9. The molecule has 2 aliphatic heterocycles. The molecule has 0 saturated carbocycles. The van der Waals surface area contributed by atoms with E-state index in [2.05, 4.69) is 4.90 Å². The van der Waals surface area contributed by atoms with Gasteiger partial charge in [-0.3, -0.25) is 14.5 Å². The Kier molecular flexibility index (Phi) is 6.49. The van der Waals surface area contributed by atoms with E-state index >= 15 is 0 Å². The first kappa shape index (κ1) is 22.0. The van der Waals surface area contributed by atoms with Crippen molar-refractivity contribution in [2.75, 3.05) is 44.3 Å². The maximum atomic E-state index is 13.4. The Labute approximate surface area is 183 Å². The number of rotatable bonds is 7. The zero-order valence-corrected chi connectivity index (χ0v) is 18.3. The van der Waals surface area contributed by atoms with E-state index in [1.54, 1.807) is 11.4 Å². The lowest BCUT2D eigenvalue weighted by atomic mass is 10.2. The summed E-state index contributed by atoms with van der Waals surface area (Å²) in [5, 5.41) is 1.65. The molecule has 2 aromatic rings. The number of ether oxygens (including phenoxy) is 1. The number of amides is 2. The van der Waals surface area contributed by atoms with E-state index in [0.717, 1.165) is 32.7 Å². The smallest absolute Gasteiger partial charge is 0.253 e. The number of carbonyl (C=O) groups is 2. The molecule has 2 amide bonds. The van der Waals surface area contributed by atoms with Crippen LogP contribution < -0.4 is 4.90 Å². The third-order valence-electron chi connectivity index (χ3n) is 5.35. The minimum Gasteiger partial charge on any atom is -0.379 e. The third-order valence-corrected chi connectivity index (χ3v) is 8.63. The van der Waals surface area contributed by atoms with Gasteiger partial charge in [0.15, 0.2) is 0 Å². The van der Waals surface area contributed by atoms with Gasteiger partial charge in [0.1, 0.15) is 16.1 Å². The number of benzene rings is 1. The molecule has 2 fully saturated rings. The second kappa shape index (κ2) is 9.13. The summed E-state index contributed by atoms with van der Waals surface area (Å²) in [6.45, 7) is 2.97. The van der Waals surface area contributed by atoms with Gasteiger partial charge in [-0.1, -0.05) is 6.07 Å². The van der Waals surface area contributed by atoms with Crippen LogP contribution in [0, 0.1) is 5.82 Å². The van der Waals surface area contributed by atoms with E-state index in [1.807, 2.05) is 0 Å². The van der Waals surface area contributed by atoms with E-state index < -0.39 is 33.7 Å². The van der Waals surface area contributed by atoms with Crippen molar-refractivity contribution in [1.82, 2.24) is 9.21 Å². The van der Waals surface area contributed by atoms with Gasteiger partial charge in [0.25, 0.3) is 15.9 Å². The maximum absolute atomic E-state index is 13.4. The summed E-state index contributed by atoms with van der Waals surface area (Å²) in [7, 11) is -3.98. The molecule has 3 heterocycles. The summed E-state index contributed by atoms with van der Waals surface area (Å²) in [5.41, 5.74) is 0.223. The molecule has 0 N–H and O–H groups in total. The summed E-state index contributed by atoms with van der Waals surface area (Å²) >= 11 is 1.06. The van der Waals surface area contributed by atoms with Crippen molar-refractivity contribution in [3.8, 4) is 0 Å². The SMILES string of the molecule is O=C1CC(N(CCN2CCOCC2)S(=O)(=O)c2cccs2)C(=O)N1c1ccc(F)cc1. The fraction of sp³-hybridized carbons (Fsp3) is 0.400. The predicted molar refractivity (Wildman–Crippen MR) is 113 cm³/mol. The number of carbonyl (C=O) groups excluding carboxylic acids is 2. The monoisotopic (exact) mass is 467 g/mol. The number of nitrogens with zero attached hydrogens (tertiary/aromatic N) is 3. The number of hydrogen-bond donors (Lipinski definition) is 0. The fourth-order valence-electron chi connectivity index (χ4n) is 3.74. The summed E-state index contributed by atoms with van der Waals surface area (Å²) in [6, 6.07) is 6.94. The highest BCUT2D eigenvalue weighted by Gasteiger charge is 2.47. The number of hydrogen-bond acceptors (Lipinski definition) is 7. The average molecular weight is 468 g/mol. The Morgan fingerprint density at radius 1 is 1.13 bits per heavy atom. The third kappa shape index (κ3) is 4.55. The van der Waals surface area contributed by atoms with E-state index in [-0.39, 0.29) is 22.9 Å². The summed E-state index contributed by atoms with van der Waals surface area (Å²) in [4.78, 5) is 28.9. The van der Waals surface area contributed by atoms with Crippen molar-refractivity contribution in [3.05, 3.63) is 47.6 Å². The molecule has 8 nitrogen and oxygen atoms in total. The van der Waals surface area contributed by atoms with Gasteiger partial charge in [-0.15, -0.1) is 11.3 Å². The Morgan fingerprint density at radius 2 is 1.84 bits per heavy atom. The zero-order valence-electron chi connectivity index (χ0n) is 16.6. The molecule has 2 saturated heterocycles. The van der Waals surface area contributed by atoms with Gasteiger partial charge in [0, 0.05) is 26.2 Å². The minimum atomic E-state index is -3.98. The Bertz CT molecular complexity index is 1040. The van der Waals surface area contributed by atoms with Crippen LogP contribution in [0.2, 0.25) is 0 Å². The zero-order chi connectivity index (χ0) is 22.0. The van der Waals surface area contributed by atoms with Gasteiger partial charge < -0.3 is 4.74 Å². The van der Waals surface area contributed by atoms with Crippen molar-refractivity contribution < 1.29 is 27.1 Å². The van der Waals surface area contributed by atoms with Crippen LogP contribution in [0.25, 0.3) is 0 Å². The van der Waals surface area contributed by atoms with Crippen LogP contribution in [0.4, 0.5) is 10.1 Å². The second-order valence-corrected chi connectivity index (χ2v) is 10.3. The first-order valence-electron chi connectivity index (χ1n) is 9.86. The van der Waals surface area contributed by atoms with Crippen molar-refractivity contribution in [1.29, 1.82) is 0 Å². The number of halogens is 1. The molecule has 0 radical (unpaired) electrons. The van der Waals surface area contributed by atoms with Gasteiger partial charge in [0.05, 0.1) is 25.3 Å².